The van der Waals surface area contributed by atoms with Gasteiger partial charge in [-0.05, 0) is 66.9 Å². The highest BCUT2D eigenvalue weighted by atomic mass is 35.5. The van der Waals surface area contributed by atoms with E-state index in [4.69, 9.17) is 23.2 Å². The van der Waals surface area contributed by atoms with Gasteiger partial charge in [0.1, 0.15) is 5.82 Å². The Balaban J connectivity index is 2.55. The maximum Gasteiger partial charge on any atom is 0.127 e. The Bertz CT molecular complexity index is 635. The van der Waals surface area contributed by atoms with E-state index >= 15 is 0 Å². The van der Waals surface area contributed by atoms with Crippen molar-refractivity contribution in [3.8, 4) is 0 Å². The number of hydrogen-bond acceptors (Lipinski definition) is 1. The van der Waals surface area contributed by atoms with Crippen LogP contribution in [0.3, 0.4) is 0 Å². The van der Waals surface area contributed by atoms with Crippen LogP contribution in [0, 0.1) is 19.7 Å². The first-order chi connectivity index (χ1) is 9.92. The lowest BCUT2D eigenvalue weighted by Gasteiger charge is -2.21. The molecule has 0 aromatic heterocycles. The molecule has 2 aromatic carbocycles. The van der Waals surface area contributed by atoms with Crippen molar-refractivity contribution in [2.24, 2.45) is 0 Å². The molecule has 0 fully saturated rings. The molecule has 0 saturated heterocycles. The first-order valence-corrected chi connectivity index (χ1v) is 7.64. The number of hydrogen-bond donors (Lipinski definition) is 1. The van der Waals surface area contributed by atoms with Crippen molar-refractivity contribution in [1.29, 1.82) is 0 Å². The van der Waals surface area contributed by atoms with Gasteiger partial charge in [0, 0.05) is 10.0 Å². The molecule has 0 aliphatic carbocycles. The summed E-state index contributed by atoms with van der Waals surface area (Å²) in [7, 11) is 0. The predicted molar refractivity (Wildman–Crippen MR) is 87.9 cm³/mol. The molecule has 1 atom stereocenters. The van der Waals surface area contributed by atoms with Crippen molar-refractivity contribution in [3.63, 3.8) is 0 Å². The average molecular weight is 326 g/mol. The van der Waals surface area contributed by atoms with Crippen LogP contribution in [-0.2, 0) is 0 Å². The minimum Gasteiger partial charge on any atom is -0.306 e. The molecule has 112 valence electrons. The molecule has 0 saturated carbocycles. The summed E-state index contributed by atoms with van der Waals surface area (Å²) in [5, 5.41) is 4.49. The van der Waals surface area contributed by atoms with Crippen molar-refractivity contribution in [2.75, 3.05) is 6.54 Å². The van der Waals surface area contributed by atoms with E-state index in [-0.39, 0.29) is 11.9 Å². The third kappa shape index (κ3) is 3.76. The van der Waals surface area contributed by atoms with Crippen molar-refractivity contribution >= 4 is 23.2 Å². The van der Waals surface area contributed by atoms with Gasteiger partial charge in [-0.1, -0.05) is 36.2 Å². The monoisotopic (exact) mass is 325 g/mol. The predicted octanol–water partition coefficient (Wildman–Crippen LogP) is 5.45. The summed E-state index contributed by atoms with van der Waals surface area (Å²) in [6.07, 6.45) is 0. The second kappa shape index (κ2) is 6.78. The Hall–Kier alpha value is -1.09. The molecule has 1 N–H and O–H groups in total. The van der Waals surface area contributed by atoms with E-state index in [0.29, 0.717) is 15.6 Å². The number of aryl methyl sites for hydroxylation is 2. The van der Waals surface area contributed by atoms with E-state index < -0.39 is 0 Å². The smallest absolute Gasteiger partial charge is 0.127 e. The molecule has 1 nitrogen and oxygen atoms in total. The first-order valence-electron chi connectivity index (χ1n) is 6.88. The standard InChI is InChI=1S/C17H18Cl2FN/c1-4-21-17(12-5-10(2)6-13(18)8-12)14-7-11(3)16(20)9-15(14)19/h5-9,17,21H,4H2,1-3H3. The molecule has 0 amide bonds. The number of halogens is 3. The fraction of sp³-hybridized carbons (Fsp3) is 0.294. The van der Waals surface area contributed by atoms with Gasteiger partial charge in [0.15, 0.2) is 0 Å². The van der Waals surface area contributed by atoms with Gasteiger partial charge in [-0.2, -0.15) is 0 Å². The molecule has 2 rings (SSSR count). The summed E-state index contributed by atoms with van der Waals surface area (Å²) < 4.78 is 13.6. The molecule has 0 aliphatic heterocycles. The maximum atomic E-state index is 13.6. The van der Waals surface area contributed by atoms with E-state index in [1.54, 1.807) is 13.0 Å². The highest BCUT2D eigenvalue weighted by Crippen LogP contribution is 2.32. The Morgan fingerprint density at radius 1 is 1.10 bits per heavy atom. The highest BCUT2D eigenvalue weighted by Gasteiger charge is 2.18. The quantitative estimate of drug-likeness (QED) is 0.788. The lowest BCUT2D eigenvalue weighted by atomic mass is 9.95. The van der Waals surface area contributed by atoms with Crippen LogP contribution >= 0.6 is 23.2 Å². The Morgan fingerprint density at radius 2 is 1.81 bits per heavy atom. The molecule has 1 unspecified atom stereocenters. The van der Waals surface area contributed by atoms with Gasteiger partial charge in [0.2, 0.25) is 0 Å². The molecular weight excluding hydrogens is 308 g/mol. The van der Waals surface area contributed by atoms with Gasteiger partial charge in [0.05, 0.1) is 6.04 Å². The maximum absolute atomic E-state index is 13.6. The minimum absolute atomic E-state index is 0.112. The molecule has 0 radical (unpaired) electrons. The summed E-state index contributed by atoms with van der Waals surface area (Å²) >= 11 is 12.4. The lowest BCUT2D eigenvalue weighted by molar-refractivity contribution is 0.606. The lowest BCUT2D eigenvalue weighted by Crippen LogP contribution is -2.22. The van der Waals surface area contributed by atoms with E-state index in [2.05, 4.69) is 11.4 Å². The van der Waals surface area contributed by atoms with Crippen LogP contribution in [0.25, 0.3) is 0 Å². The van der Waals surface area contributed by atoms with Crippen LogP contribution in [0.5, 0.6) is 0 Å². The number of rotatable bonds is 4. The molecule has 0 spiro atoms. The summed E-state index contributed by atoms with van der Waals surface area (Å²) in [6, 6.07) is 8.94. The normalized spacial score (nSPS) is 12.5. The van der Waals surface area contributed by atoms with Crippen LogP contribution in [0.1, 0.15) is 35.2 Å². The number of nitrogens with one attached hydrogen (secondary N) is 1. The third-order valence-electron chi connectivity index (χ3n) is 3.39. The zero-order chi connectivity index (χ0) is 15.6. The van der Waals surface area contributed by atoms with Crippen molar-refractivity contribution in [1.82, 2.24) is 5.32 Å². The second-order valence-electron chi connectivity index (χ2n) is 5.18. The molecule has 21 heavy (non-hydrogen) atoms. The molecule has 4 heteroatoms. The van der Waals surface area contributed by atoms with Crippen molar-refractivity contribution < 1.29 is 4.39 Å². The van der Waals surface area contributed by atoms with Crippen LogP contribution < -0.4 is 5.32 Å². The van der Waals surface area contributed by atoms with Gasteiger partial charge >= 0.3 is 0 Å². The fourth-order valence-corrected chi connectivity index (χ4v) is 3.00. The van der Waals surface area contributed by atoms with Crippen molar-refractivity contribution in [2.45, 2.75) is 26.8 Å². The molecule has 0 heterocycles. The van der Waals surface area contributed by atoms with E-state index in [9.17, 15) is 4.39 Å². The summed E-state index contributed by atoms with van der Waals surface area (Å²) in [5.41, 5.74) is 3.54. The average Bonchev–Trinajstić information content (AvgIpc) is 2.39. The highest BCUT2D eigenvalue weighted by molar-refractivity contribution is 6.31. The first kappa shape index (κ1) is 16.3. The Morgan fingerprint density at radius 3 is 2.43 bits per heavy atom. The second-order valence-corrected chi connectivity index (χ2v) is 6.02. The molecule has 0 aliphatic rings. The van der Waals surface area contributed by atoms with Gasteiger partial charge in [0.25, 0.3) is 0 Å². The van der Waals surface area contributed by atoms with Crippen LogP contribution in [0.4, 0.5) is 4.39 Å². The van der Waals surface area contributed by atoms with Crippen molar-refractivity contribution in [3.05, 3.63) is 68.4 Å². The zero-order valence-corrected chi connectivity index (χ0v) is 13.8. The van der Waals surface area contributed by atoms with Gasteiger partial charge in [-0.25, -0.2) is 4.39 Å². The fourth-order valence-electron chi connectivity index (χ4n) is 2.44. The van der Waals surface area contributed by atoms with E-state index in [1.807, 2.05) is 26.0 Å². The minimum atomic E-state index is -0.290. The SMILES string of the molecule is CCNC(c1cc(C)cc(Cl)c1)c1cc(C)c(F)cc1Cl. The molecule has 0 bridgehead atoms. The topological polar surface area (TPSA) is 12.0 Å². The van der Waals surface area contributed by atoms with Gasteiger partial charge in [-0.3, -0.25) is 0 Å². The molecule has 2 aromatic rings. The number of benzene rings is 2. The summed E-state index contributed by atoms with van der Waals surface area (Å²) in [5.74, 6) is -0.290. The van der Waals surface area contributed by atoms with Crippen LogP contribution in [0.15, 0.2) is 30.3 Å². The third-order valence-corrected chi connectivity index (χ3v) is 3.94. The van der Waals surface area contributed by atoms with Gasteiger partial charge in [-0.15, -0.1) is 0 Å². The molecular formula is C17H18Cl2FN. The van der Waals surface area contributed by atoms with Gasteiger partial charge < -0.3 is 5.32 Å². The van der Waals surface area contributed by atoms with E-state index in [1.165, 1.54) is 6.07 Å². The van der Waals surface area contributed by atoms with Crippen LogP contribution in [-0.4, -0.2) is 6.54 Å². The summed E-state index contributed by atoms with van der Waals surface area (Å²) in [4.78, 5) is 0. The Kier molecular flexibility index (Phi) is 5.26. The largest absolute Gasteiger partial charge is 0.306 e. The zero-order valence-electron chi connectivity index (χ0n) is 12.3. The van der Waals surface area contributed by atoms with Crippen LogP contribution in [0.2, 0.25) is 10.0 Å². The summed E-state index contributed by atoms with van der Waals surface area (Å²) in [6.45, 7) is 6.52. The van der Waals surface area contributed by atoms with E-state index in [0.717, 1.165) is 23.2 Å². The Labute approximate surface area is 135 Å².